The van der Waals surface area contributed by atoms with Gasteiger partial charge < -0.3 is 4.42 Å². The van der Waals surface area contributed by atoms with E-state index in [0.29, 0.717) is 17.9 Å². The summed E-state index contributed by atoms with van der Waals surface area (Å²) in [7, 11) is -3.35. The van der Waals surface area contributed by atoms with Crippen molar-refractivity contribution >= 4 is 21.1 Å². The van der Waals surface area contributed by atoms with Gasteiger partial charge in [-0.2, -0.15) is 0 Å². The number of hydrogen-bond acceptors (Lipinski definition) is 4. The maximum Gasteiger partial charge on any atom is 0.215 e. The first-order valence-electron chi connectivity index (χ1n) is 6.98. The lowest BCUT2D eigenvalue weighted by atomic mass is 10.2. The summed E-state index contributed by atoms with van der Waals surface area (Å²) in [6.45, 7) is 0.266. The van der Waals surface area contributed by atoms with Crippen molar-refractivity contribution in [3.05, 3.63) is 66.1 Å². The van der Waals surface area contributed by atoms with Gasteiger partial charge >= 0.3 is 0 Å². The highest BCUT2D eigenvalue weighted by atomic mass is 32.2. The van der Waals surface area contributed by atoms with Crippen molar-refractivity contribution in [2.75, 3.05) is 6.54 Å². The van der Waals surface area contributed by atoms with Crippen LogP contribution in [0.25, 0.3) is 11.1 Å². The van der Waals surface area contributed by atoms with E-state index < -0.39 is 10.0 Å². The van der Waals surface area contributed by atoms with Crippen molar-refractivity contribution in [2.24, 2.45) is 0 Å². The molecule has 3 aromatic rings. The number of nitrogens with one attached hydrogen (secondary N) is 1. The van der Waals surface area contributed by atoms with Crippen molar-refractivity contribution in [3.8, 4) is 0 Å². The van der Waals surface area contributed by atoms with Gasteiger partial charge in [0, 0.05) is 13.0 Å². The van der Waals surface area contributed by atoms with E-state index in [2.05, 4.69) is 9.71 Å². The van der Waals surface area contributed by atoms with Crippen LogP contribution in [-0.2, 0) is 22.2 Å². The first kappa shape index (κ1) is 14.7. The van der Waals surface area contributed by atoms with E-state index in [0.717, 1.165) is 11.1 Å². The SMILES string of the molecule is O=S(=O)(Cc1ccccc1)NCCc1nc2ccccc2o1. The molecule has 3 rings (SSSR count). The van der Waals surface area contributed by atoms with Crippen LogP contribution in [0.2, 0.25) is 0 Å². The van der Waals surface area contributed by atoms with E-state index in [1.807, 2.05) is 42.5 Å². The Kier molecular flexibility index (Phi) is 4.22. The van der Waals surface area contributed by atoms with E-state index >= 15 is 0 Å². The largest absolute Gasteiger partial charge is 0.441 e. The average Bonchev–Trinajstić information content (AvgIpc) is 2.90. The molecule has 0 aliphatic rings. The van der Waals surface area contributed by atoms with Crippen molar-refractivity contribution in [3.63, 3.8) is 0 Å². The standard InChI is InChI=1S/C16H16N2O3S/c19-22(20,12-13-6-2-1-3-7-13)17-11-10-16-18-14-8-4-5-9-15(14)21-16/h1-9,17H,10-12H2. The molecule has 114 valence electrons. The predicted octanol–water partition coefficient (Wildman–Crippen LogP) is 2.49. The fourth-order valence-electron chi connectivity index (χ4n) is 2.19. The number of aromatic nitrogens is 1. The number of nitrogens with zero attached hydrogens (tertiary/aromatic N) is 1. The molecule has 2 aromatic carbocycles. The monoisotopic (exact) mass is 316 g/mol. The summed E-state index contributed by atoms with van der Waals surface area (Å²) in [5.41, 5.74) is 2.26. The molecule has 1 aromatic heterocycles. The van der Waals surface area contributed by atoms with Gasteiger partial charge in [-0.25, -0.2) is 18.1 Å². The Labute approximate surface area is 129 Å². The van der Waals surface area contributed by atoms with E-state index in [9.17, 15) is 8.42 Å². The number of fused-ring (bicyclic) bond motifs is 1. The third kappa shape index (κ3) is 3.72. The van der Waals surface area contributed by atoms with Crippen molar-refractivity contribution in [2.45, 2.75) is 12.2 Å². The predicted molar refractivity (Wildman–Crippen MR) is 84.8 cm³/mol. The van der Waals surface area contributed by atoms with Crippen LogP contribution < -0.4 is 4.72 Å². The summed E-state index contributed by atoms with van der Waals surface area (Å²) in [5.74, 6) is 0.505. The smallest absolute Gasteiger partial charge is 0.215 e. The Balaban J connectivity index is 1.58. The highest BCUT2D eigenvalue weighted by Gasteiger charge is 2.12. The number of para-hydroxylation sites is 2. The van der Waals surface area contributed by atoms with Crippen LogP contribution in [0.5, 0.6) is 0 Å². The molecule has 0 spiro atoms. The van der Waals surface area contributed by atoms with Crippen molar-refractivity contribution in [1.82, 2.24) is 9.71 Å². The van der Waals surface area contributed by atoms with Gasteiger partial charge in [0.05, 0.1) is 5.75 Å². The van der Waals surface area contributed by atoms with Gasteiger partial charge in [-0.15, -0.1) is 0 Å². The molecule has 0 aliphatic carbocycles. The highest BCUT2D eigenvalue weighted by molar-refractivity contribution is 7.88. The third-order valence-electron chi connectivity index (χ3n) is 3.20. The first-order valence-corrected chi connectivity index (χ1v) is 8.63. The quantitative estimate of drug-likeness (QED) is 0.758. The second kappa shape index (κ2) is 6.29. The molecule has 0 aliphatic heterocycles. The second-order valence-corrected chi connectivity index (χ2v) is 6.77. The van der Waals surface area contributed by atoms with Gasteiger partial charge in [-0.05, 0) is 17.7 Å². The van der Waals surface area contributed by atoms with Gasteiger partial charge in [0.2, 0.25) is 10.0 Å². The maximum absolute atomic E-state index is 12.0. The first-order chi connectivity index (χ1) is 10.6. The summed E-state index contributed by atoms with van der Waals surface area (Å²) >= 11 is 0. The van der Waals surface area contributed by atoms with Gasteiger partial charge in [-0.3, -0.25) is 0 Å². The van der Waals surface area contributed by atoms with E-state index in [1.54, 1.807) is 12.1 Å². The fraction of sp³-hybridized carbons (Fsp3) is 0.188. The zero-order chi connectivity index (χ0) is 15.4. The Morgan fingerprint density at radius 1 is 1.00 bits per heavy atom. The van der Waals surface area contributed by atoms with Crippen LogP contribution in [0.15, 0.2) is 59.0 Å². The molecule has 22 heavy (non-hydrogen) atoms. The summed E-state index contributed by atoms with van der Waals surface area (Å²) in [4.78, 5) is 4.31. The molecule has 0 atom stereocenters. The summed E-state index contributed by atoms with van der Waals surface area (Å²) in [5, 5.41) is 0. The Morgan fingerprint density at radius 3 is 2.50 bits per heavy atom. The number of sulfonamides is 1. The molecule has 1 heterocycles. The van der Waals surface area contributed by atoms with Crippen LogP contribution in [0.3, 0.4) is 0 Å². The molecule has 0 bridgehead atoms. The molecular weight excluding hydrogens is 300 g/mol. The Morgan fingerprint density at radius 2 is 1.73 bits per heavy atom. The van der Waals surface area contributed by atoms with Crippen LogP contribution in [0.4, 0.5) is 0 Å². The highest BCUT2D eigenvalue weighted by Crippen LogP contribution is 2.14. The lowest BCUT2D eigenvalue weighted by Gasteiger charge is -2.05. The van der Waals surface area contributed by atoms with Gasteiger partial charge in [0.15, 0.2) is 11.5 Å². The van der Waals surface area contributed by atoms with Crippen LogP contribution >= 0.6 is 0 Å². The minimum atomic E-state index is -3.35. The zero-order valence-electron chi connectivity index (χ0n) is 11.9. The average molecular weight is 316 g/mol. The summed E-state index contributed by atoms with van der Waals surface area (Å²) in [6, 6.07) is 16.5. The lowest BCUT2D eigenvalue weighted by molar-refractivity contribution is 0.523. The molecule has 0 radical (unpaired) electrons. The zero-order valence-corrected chi connectivity index (χ0v) is 12.7. The molecule has 0 amide bonds. The van der Waals surface area contributed by atoms with Crippen LogP contribution in [0.1, 0.15) is 11.5 Å². The number of hydrogen-bond donors (Lipinski definition) is 1. The van der Waals surface area contributed by atoms with Crippen LogP contribution in [-0.4, -0.2) is 19.9 Å². The molecule has 0 saturated heterocycles. The van der Waals surface area contributed by atoms with Gasteiger partial charge in [-0.1, -0.05) is 42.5 Å². The molecule has 6 heteroatoms. The lowest BCUT2D eigenvalue weighted by Crippen LogP contribution is -2.27. The molecule has 1 N–H and O–H groups in total. The fourth-order valence-corrected chi connectivity index (χ4v) is 3.33. The maximum atomic E-state index is 12.0. The Bertz CT molecular complexity index is 824. The van der Waals surface area contributed by atoms with Crippen molar-refractivity contribution < 1.29 is 12.8 Å². The second-order valence-electron chi connectivity index (χ2n) is 4.96. The van der Waals surface area contributed by atoms with E-state index in [-0.39, 0.29) is 12.3 Å². The van der Waals surface area contributed by atoms with E-state index in [1.165, 1.54) is 0 Å². The Hall–Kier alpha value is -2.18. The van der Waals surface area contributed by atoms with Crippen LogP contribution in [0, 0.1) is 0 Å². The molecule has 0 fully saturated rings. The summed E-state index contributed by atoms with van der Waals surface area (Å²) < 4.78 is 32.1. The van der Waals surface area contributed by atoms with Gasteiger partial charge in [0.25, 0.3) is 0 Å². The topological polar surface area (TPSA) is 72.2 Å². The number of benzene rings is 2. The van der Waals surface area contributed by atoms with E-state index in [4.69, 9.17) is 4.42 Å². The summed E-state index contributed by atoms with van der Waals surface area (Å²) in [6.07, 6.45) is 0.419. The molecule has 5 nitrogen and oxygen atoms in total. The number of rotatable bonds is 6. The third-order valence-corrected chi connectivity index (χ3v) is 4.56. The minimum absolute atomic E-state index is 0.0264. The van der Waals surface area contributed by atoms with Gasteiger partial charge in [0.1, 0.15) is 5.52 Å². The molecular formula is C16H16N2O3S. The normalized spacial score (nSPS) is 11.8. The van der Waals surface area contributed by atoms with Crippen molar-refractivity contribution in [1.29, 1.82) is 0 Å². The molecule has 0 unspecified atom stereocenters. The molecule has 0 saturated carbocycles. The minimum Gasteiger partial charge on any atom is -0.441 e. The number of oxazole rings is 1.